The summed E-state index contributed by atoms with van der Waals surface area (Å²) >= 11 is 0. The average molecular weight is 308 g/mol. The number of nitrogen functional groups attached to an aromatic ring is 1. The van der Waals surface area contributed by atoms with Crippen molar-refractivity contribution >= 4 is 15.7 Å². The smallest absolute Gasteiger partial charge is 0.242 e. The van der Waals surface area contributed by atoms with E-state index in [0.717, 1.165) is 25.9 Å². The number of likely N-dealkylation sites (tertiary alicyclic amines) is 1. The number of piperidine rings is 1. The summed E-state index contributed by atoms with van der Waals surface area (Å²) in [5.74, 6) is 0. The predicted octanol–water partition coefficient (Wildman–Crippen LogP) is 0.903. The summed E-state index contributed by atoms with van der Waals surface area (Å²) in [6.45, 7) is 4.67. The van der Waals surface area contributed by atoms with Gasteiger partial charge in [-0.15, -0.1) is 0 Å². The molecule has 6 nitrogen and oxygen atoms in total. The van der Waals surface area contributed by atoms with Gasteiger partial charge in [-0.05, 0) is 44.1 Å². The zero-order chi connectivity index (χ0) is 15.5. The second-order valence-electron chi connectivity index (χ2n) is 5.22. The molecule has 1 unspecified atom stereocenters. The van der Waals surface area contributed by atoms with Crippen LogP contribution in [0.4, 0.5) is 5.69 Å². The van der Waals surface area contributed by atoms with Crippen molar-refractivity contribution in [2.24, 2.45) is 0 Å². The molecule has 2 rings (SSSR count). The van der Waals surface area contributed by atoms with E-state index in [1.54, 1.807) is 0 Å². The van der Waals surface area contributed by atoms with E-state index in [9.17, 15) is 8.42 Å². The monoisotopic (exact) mass is 308 g/mol. The molecule has 1 fully saturated rings. The average Bonchev–Trinajstić information content (AvgIpc) is 2.46. The van der Waals surface area contributed by atoms with Crippen LogP contribution in [0.5, 0.6) is 0 Å². The molecular weight excluding hydrogens is 288 g/mol. The SMILES string of the molecule is CCN1CCCC(NS(=O)(=O)c2ccc(N)cc2C#N)C1. The molecule has 7 heteroatoms. The molecule has 0 amide bonds. The Bertz CT molecular complexity index is 651. The predicted molar refractivity (Wildman–Crippen MR) is 81.0 cm³/mol. The molecule has 0 spiro atoms. The van der Waals surface area contributed by atoms with E-state index in [4.69, 9.17) is 11.0 Å². The van der Waals surface area contributed by atoms with Crippen molar-refractivity contribution in [1.82, 2.24) is 9.62 Å². The summed E-state index contributed by atoms with van der Waals surface area (Å²) in [6.07, 6.45) is 1.78. The number of benzene rings is 1. The van der Waals surface area contributed by atoms with Crippen molar-refractivity contribution in [2.75, 3.05) is 25.4 Å². The number of nitrogens with one attached hydrogen (secondary N) is 1. The summed E-state index contributed by atoms with van der Waals surface area (Å²) in [6, 6.07) is 6.04. The highest BCUT2D eigenvalue weighted by Crippen LogP contribution is 2.20. The Morgan fingerprint density at radius 1 is 1.52 bits per heavy atom. The van der Waals surface area contributed by atoms with E-state index in [1.807, 2.05) is 6.07 Å². The van der Waals surface area contributed by atoms with Crippen molar-refractivity contribution in [3.8, 4) is 6.07 Å². The van der Waals surface area contributed by atoms with E-state index in [1.165, 1.54) is 18.2 Å². The molecule has 0 aromatic heterocycles. The third-order valence-corrected chi connectivity index (χ3v) is 5.27. The van der Waals surface area contributed by atoms with Gasteiger partial charge in [0.25, 0.3) is 0 Å². The van der Waals surface area contributed by atoms with Crippen molar-refractivity contribution in [3.63, 3.8) is 0 Å². The van der Waals surface area contributed by atoms with Crippen molar-refractivity contribution in [1.29, 1.82) is 5.26 Å². The van der Waals surface area contributed by atoms with Crippen LogP contribution in [0.15, 0.2) is 23.1 Å². The Balaban J connectivity index is 2.21. The van der Waals surface area contributed by atoms with Crippen LogP contribution in [-0.2, 0) is 10.0 Å². The van der Waals surface area contributed by atoms with Gasteiger partial charge in [-0.25, -0.2) is 13.1 Å². The lowest BCUT2D eigenvalue weighted by atomic mass is 10.1. The third kappa shape index (κ3) is 3.73. The molecule has 1 saturated heterocycles. The molecule has 1 aromatic rings. The Kier molecular flexibility index (Phi) is 4.83. The summed E-state index contributed by atoms with van der Waals surface area (Å²) < 4.78 is 27.6. The minimum Gasteiger partial charge on any atom is -0.399 e. The highest BCUT2D eigenvalue weighted by atomic mass is 32.2. The van der Waals surface area contributed by atoms with Crippen LogP contribution in [0, 0.1) is 11.3 Å². The maximum Gasteiger partial charge on any atom is 0.242 e. The first-order valence-corrected chi connectivity index (χ1v) is 8.49. The fourth-order valence-corrected chi connectivity index (χ4v) is 3.99. The lowest BCUT2D eigenvalue weighted by molar-refractivity contribution is 0.211. The van der Waals surface area contributed by atoms with Crippen LogP contribution in [-0.4, -0.2) is 39.0 Å². The molecule has 3 N–H and O–H groups in total. The summed E-state index contributed by atoms with van der Waals surface area (Å²) in [4.78, 5) is 2.21. The molecule has 1 aliphatic heterocycles. The van der Waals surface area contributed by atoms with E-state index >= 15 is 0 Å². The summed E-state index contributed by atoms with van der Waals surface area (Å²) in [5.41, 5.74) is 6.04. The van der Waals surface area contributed by atoms with Crippen LogP contribution in [0.1, 0.15) is 25.3 Å². The lowest BCUT2D eigenvalue weighted by Gasteiger charge is -2.32. The van der Waals surface area contributed by atoms with Gasteiger partial charge in [0.05, 0.1) is 10.5 Å². The number of nitriles is 1. The molecule has 1 aromatic carbocycles. The quantitative estimate of drug-likeness (QED) is 0.805. The van der Waals surface area contributed by atoms with E-state index < -0.39 is 10.0 Å². The van der Waals surface area contributed by atoms with Gasteiger partial charge in [0.2, 0.25) is 10.0 Å². The second kappa shape index (κ2) is 6.43. The number of nitrogens with two attached hydrogens (primary N) is 1. The third-order valence-electron chi connectivity index (χ3n) is 3.69. The number of hydrogen-bond acceptors (Lipinski definition) is 5. The second-order valence-corrected chi connectivity index (χ2v) is 6.90. The number of sulfonamides is 1. The van der Waals surface area contributed by atoms with Crippen LogP contribution >= 0.6 is 0 Å². The van der Waals surface area contributed by atoms with Crippen LogP contribution in [0.3, 0.4) is 0 Å². The molecular formula is C14H20N4O2S. The normalized spacial score (nSPS) is 20.1. The number of likely N-dealkylation sites (N-methyl/N-ethyl adjacent to an activating group) is 1. The number of anilines is 1. The molecule has 0 radical (unpaired) electrons. The molecule has 0 bridgehead atoms. The molecule has 1 atom stereocenters. The Morgan fingerprint density at radius 2 is 2.29 bits per heavy atom. The van der Waals surface area contributed by atoms with Gasteiger partial charge in [0.1, 0.15) is 6.07 Å². The number of rotatable bonds is 4. The molecule has 0 saturated carbocycles. The fourth-order valence-electron chi connectivity index (χ4n) is 2.59. The first-order valence-electron chi connectivity index (χ1n) is 7.00. The van der Waals surface area contributed by atoms with Crippen molar-refractivity contribution < 1.29 is 8.42 Å². The van der Waals surface area contributed by atoms with Crippen LogP contribution in [0.2, 0.25) is 0 Å². The van der Waals surface area contributed by atoms with Gasteiger partial charge >= 0.3 is 0 Å². The Hall–Kier alpha value is -1.62. The summed E-state index contributed by atoms with van der Waals surface area (Å²) in [5, 5.41) is 9.09. The first-order chi connectivity index (χ1) is 9.96. The highest BCUT2D eigenvalue weighted by molar-refractivity contribution is 7.89. The van der Waals surface area contributed by atoms with Gasteiger partial charge < -0.3 is 10.6 Å². The van der Waals surface area contributed by atoms with Gasteiger partial charge in [-0.1, -0.05) is 6.92 Å². The molecule has 21 heavy (non-hydrogen) atoms. The maximum absolute atomic E-state index is 12.5. The Labute approximate surface area is 125 Å². The van der Waals surface area contributed by atoms with Gasteiger partial charge in [0.15, 0.2) is 0 Å². The number of hydrogen-bond donors (Lipinski definition) is 2. The highest BCUT2D eigenvalue weighted by Gasteiger charge is 2.26. The standard InChI is InChI=1S/C14H20N4O2S/c1-2-18-7-3-4-13(10-18)17-21(19,20)14-6-5-12(16)8-11(14)9-15/h5-6,8,13,17H,2-4,7,10,16H2,1H3. The van der Waals surface area contributed by atoms with Crippen molar-refractivity contribution in [3.05, 3.63) is 23.8 Å². The van der Waals surface area contributed by atoms with Gasteiger partial charge in [-0.2, -0.15) is 5.26 Å². The largest absolute Gasteiger partial charge is 0.399 e. The van der Waals surface area contributed by atoms with Crippen LogP contribution in [0.25, 0.3) is 0 Å². The van der Waals surface area contributed by atoms with E-state index in [2.05, 4.69) is 16.5 Å². The molecule has 114 valence electrons. The first kappa shape index (κ1) is 15.8. The van der Waals surface area contributed by atoms with Gasteiger partial charge in [-0.3, -0.25) is 0 Å². The van der Waals surface area contributed by atoms with Gasteiger partial charge in [0, 0.05) is 18.3 Å². The minimum atomic E-state index is -3.71. The van der Waals surface area contributed by atoms with Crippen LogP contribution < -0.4 is 10.5 Å². The fraction of sp³-hybridized carbons (Fsp3) is 0.500. The zero-order valence-electron chi connectivity index (χ0n) is 12.0. The summed E-state index contributed by atoms with van der Waals surface area (Å²) in [7, 11) is -3.71. The maximum atomic E-state index is 12.5. The lowest BCUT2D eigenvalue weighted by Crippen LogP contribution is -2.47. The number of nitrogens with zero attached hydrogens (tertiary/aromatic N) is 2. The molecule has 1 heterocycles. The minimum absolute atomic E-state index is 0.00665. The molecule has 1 aliphatic rings. The van der Waals surface area contributed by atoms with E-state index in [-0.39, 0.29) is 16.5 Å². The molecule has 0 aliphatic carbocycles. The van der Waals surface area contributed by atoms with E-state index in [0.29, 0.717) is 12.2 Å². The Morgan fingerprint density at radius 3 is 2.95 bits per heavy atom. The van der Waals surface area contributed by atoms with Crippen molar-refractivity contribution in [2.45, 2.75) is 30.7 Å². The zero-order valence-corrected chi connectivity index (χ0v) is 12.9. The topological polar surface area (TPSA) is 99.2 Å².